The van der Waals surface area contributed by atoms with Crippen LogP contribution in [0.1, 0.15) is 23.7 Å². The molecule has 0 saturated carbocycles. The van der Waals surface area contributed by atoms with Gasteiger partial charge in [-0.25, -0.2) is 13.4 Å². The number of thiazole rings is 1. The summed E-state index contributed by atoms with van der Waals surface area (Å²) in [6.07, 6.45) is 7.81. The van der Waals surface area contributed by atoms with Crippen LogP contribution in [0.4, 0.5) is 5.13 Å². The molecule has 2 aromatic rings. The molecule has 1 aliphatic heterocycles. The molecule has 8 heteroatoms. The minimum Gasteiger partial charge on any atom is -0.345 e. The zero-order chi connectivity index (χ0) is 21.4. The fourth-order valence-corrected chi connectivity index (χ4v) is 7.21. The van der Waals surface area contributed by atoms with Crippen LogP contribution < -0.4 is 4.90 Å². The highest BCUT2D eigenvalue weighted by Gasteiger charge is 2.43. The highest BCUT2D eigenvalue weighted by atomic mass is 35.5. The molecule has 30 heavy (non-hydrogen) atoms. The summed E-state index contributed by atoms with van der Waals surface area (Å²) in [5.41, 5.74) is 3.60. The molecule has 1 aromatic heterocycles. The van der Waals surface area contributed by atoms with Crippen molar-refractivity contribution < 1.29 is 8.42 Å². The van der Waals surface area contributed by atoms with Gasteiger partial charge in [0.2, 0.25) is 10.0 Å². The van der Waals surface area contributed by atoms with Gasteiger partial charge in [0.25, 0.3) is 0 Å². The van der Waals surface area contributed by atoms with Gasteiger partial charge in [0.1, 0.15) is 5.25 Å². The molecule has 2 aliphatic rings. The summed E-state index contributed by atoms with van der Waals surface area (Å²) >= 11 is 8.11. The minimum atomic E-state index is -3.52. The first kappa shape index (κ1) is 21.6. The Morgan fingerprint density at radius 1 is 1.20 bits per heavy atom. The van der Waals surface area contributed by atoms with E-state index in [4.69, 9.17) is 16.6 Å². The van der Waals surface area contributed by atoms with Crippen LogP contribution >= 0.6 is 22.9 Å². The Morgan fingerprint density at radius 3 is 2.63 bits per heavy atom. The van der Waals surface area contributed by atoms with Crippen molar-refractivity contribution in [1.82, 2.24) is 9.29 Å². The molecule has 1 aliphatic carbocycles. The SMILES string of the molecule is Cc1ccccc1Cc1csc(N2CCN(S(=O)(=O)C3C=CC=CC3(C)Cl)CC2)n1. The van der Waals surface area contributed by atoms with Crippen molar-refractivity contribution in [2.75, 3.05) is 31.1 Å². The molecule has 1 fully saturated rings. The monoisotopic (exact) mass is 463 g/mol. The van der Waals surface area contributed by atoms with Gasteiger partial charge in [0.05, 0.1) is 10.6 Å². The maximum Gasteiger partial charge on any atom is 0.222 e. The number of halogens is 1. The molecule has 0 N–H and O–H groups in total. The number of aryl methyl sites for hydroxylation is 1. The van der Waals surface area contributed by atoms with Crippen LogP contribution in [0.2, 0.25) is 0 Å². The van der Waals surface area contributed by atoms with Crippen LogP contribution in [-0.2, 0) is 16.4 Å². The van der Waals surface area contributed by atoms with Crippen molar-refractivity contribution >= 4 is 38.1 Å². The number of aromatic nitrogens is 1. The molecule has 0 radical (unpaired) electrons. The average molecular weight is 464 g/mol. The van der Waals surface area contributed by atoms with E-state index in [-0.39, 0.29) is 0 Å². The van der Waals surface area contributed by atoms with E-state index < -0.39 is 20.1 Å². The summed E-state index contributed by atoms with van der Waals surface area (Å²) < 4.78 is 27.9. The molecule has 5 nitrogen and oxygen atoms in total. The molecule has 1 saturated heterocycles. The lowest BCUT2D eigenvalue weighted by Crippen LogP contribution is -2.54. The van der Waals surface area contributed by atoms with Crippen molar-refractivity contribution in [2.45, 2.75) is 30.4 Å². The number of sulfonamides is 1. The van der Waals surface area contributed by atoms with Gasteiger partial charge in [-0.2, -0.15) is 4.31 Å². The molecule has 4 rings (SSSR count). The summed E-state index contributed by atoms with van der Waals surface area (Å²) in [5.74, 6) is 0. The maximum absolute atomic E-state index is 13.2. The molecule has 0 spiro atoms. The normalized spacial score (nSPS) is 25.0. The third-order valence-electron chi connectivity index (χ3n) is 5.74. The summed E-state index contributed by atoms with van der Waals surface area (Å²) in [6, 6.07) is 8.35. The van der Waals surface area contributed by atoms with E-state index in [0.717, 1.165) is 17.2 Å². The zero-order valence-corrected chi connectivity index (χ0v) is 19.6. The second kappa shape index (κ2) is 8.46. The maximum atomic E-state index is 13.2. The zero-order valence-electron chi connectivity index (χ0n) is 17.2. The standard InChI is InChI=1S/C22H26ClN3O2S2/c1-17-7-3-4-8-18(17)15-19-16-29-21(24-19)25-11-13-26(14-12-25)30(27,28)20-9-5-6-10-22(20,2)23/h3-10,16,20H,11-15H2,1-2H3. The second-order valence-electron chi connectivity index (χ2n) is 7.97. The Morgan fingerprint density at radius 2 is 1.93 bits per heavy atom. The molecule has 0 amide bonds. The first-order valence-electron chi connectivity index (χ1n) is 10.0. The number of allylic oxidation sites excluding steroid dienone is 3. The molecule has 160 valence electrons. The molecule has 2 atom stereocenters. The predicted molar refractivity (Wildman–Crippen MR) is 125 cm³/mol. The van der Waals surface area contributed by atoms with Crippen LogP contribution in [0, 0.1) is 6.92 Å². The Bertz CT molecular complexity index is 1070. The summed E-state index contributed by atoms with van der Waals surface area (Å²) in [7, 11) is -3.52. The van der Waals surface area contributed by atoms with Crippen LogP contribution in [0.15, 0.2) is 53.9 Å². The van der Waals surface area contributed by atoms with Crippen molar-refractivity contribution in [3.05, 3.63) is 70.8 Å². The molecular formula is C22H26ClN3O2S2. The molecule has 2 heterocycles. The van der Waals surface area contributed by atoms with E-state index in [9.17, 15) is 8.42 Å². The van der Waals surface area contributed by atoms with Crippen LogP contribution in [0.3, 0.4) is 0 Å². The Labute approximate surface area is 187 Å². The lowest BCUT2D eigenvalue weighted by molar-refractivity contribution is 0.379. The van der Waals surface area contributed by atoms with Crippen molar-refractivity contribution in [1.29, 1.82) is 0 Å². The van der Waals surface area contributed by atoms with E-state index >= 15 is 0 Å². The second-order valence-corrected chi connectivity index (χ2v) is 11.7. The first-order valence-corrected chi connectivity index (χ1v) is 12.8. The molecule has 1 aromatic carbocycles. The number of rotatable bonds is 5. The van der Waals surface area contributed by atoms with E-state index in [1.807, 2.05) is 6.07 Å². The molecular weight excluding hydrogens is 438 g/mol. The first-order chi connectivity index (χ1) is 14.3. The third kappa shape index (κ3) is 4.35. The largest absolute Gasteiger partial charge is 0.345 e. The fourth-order valence-electron chi connectivity index (χ4n) is 3.90. The van der Waals surface area contributed by atoms with Gasteiger partial charge in [0, 0.05) is 38.0 Å². The van der Waals surface area contributed by atoms with E-state index in [1.165, 1.54) is 11.1 Å². The van der Waals surface area contributed by atoms with Gasteiger partial charge in [-0.05, 0) is 25.0 Å². The van der Waals surface area contributed by atoms with Crippen molar-refractivity contribution in [2.24, 2.45) is 0 Å². The Hall–Kier alpha value is -1.67. The van der Waals surface area contributed by atoms with Crippen molar-refractivity contribution in [3.63, 3.8) is 0 Å². The fraction of sp³-hybridized carbons (Fsp3) is 0.409. The number of nitrogens with zero attached hydrogens (tertiary/aromatic N) is 3. The predicted octanol–water partition coefficient (Wildman–Crippen LogP) is 3.99. The van der Waals surface area contributed by atoms with Gasteiger partial charge in [0.15, 0.2) is 5.13 Å². The van der Waals surface area contributed by atoms with Gasteiger partial charge in [-0.3, -0.25) is 0 Å². The van der Waals surface area contributed by atoms with E-state index in [0.29, 0.717) is 26.2 Å². The molecule has 2 unspecified atom stereocenters. The van der Waals surface area contributed by atoms with Gasteiger partial charge in [-0.15, -0.1) is 22.9 Å². The Balaban J connectivity index is 1.40. The smallest absolute Gasteiger partial charge is 0.222 e. The highest BCUT2D eigenvalue weighted by Crippen LogP contribution is 2.33. The van der Waals surface area contributed by atoms with Crippen LogP contribution in [-0.4, -0.2) is 54.0 Å². The van der Waals surface area contributed by atoms with Gasteiger partial charge < -0.3 is 4.90 Å². The third-order valence-corrected chi connectivity index (χ3v) is 9.55. The summed E-state index contributed by atoms with van der Waals surface area (Å²) in [6.45, 7) is 6.00. The number of benzene rings is 1. The average Bonchev–Trinajstić information content (AvgIpc) is 3.18. The van der Waals surface area contributed by atoms with Crippen LogP contribution in [0.5, 0.6) is 0 Å². The topological polar surface area (TPSA) is 53.5 Å². The number of anilines is 1. The van der Waals surface area contributed by atoms with E-state index in [2.05, 4.69) is 35.4 Å². The highest BCUT2D eigenvalue weighted by molar-refractivity contribution is 7.90. The number of piperazine rings is 1. The van der Waals surface area contributed by atoms with Crippen molar-refractivity contribution in [3.8, 4) is 0 Å². The minimum absolute atomic E-state index is 0.441. The number of alkyl halides is 1. The van der Waals surface area contributed by atoms with Gasteiger partial charge >= 0.3 is 0 Å². The lowest BCUT2D eigenvalue weighted by atomic mass is 10.0. The Kier molecular flexibility index (Phi) is 6.08. The quantitative estimate of drug-likeness (QED) is 0.629. The number of hydrogen-bond acceptors (Lipinski definition) is 5. The van der Waals surface area contributed by atoms with Gasteiger partial charge in [-0.1, -0.05) is 48.6 Å². The molecule has 0 bridgehead atoms. The summed E-state index contributed by atoms with van der Waals surface area (Å²) in [5, 5.41) is 2.31. The van der Waals surface area contributed by atoms with E-state index in [1.54, 1.807) is 46.9 Å². The number of hydrogen-bond donors (Lipinski definition) is 0. The lowest BCUT2D eigenvalue weighted by Gasteiger charge is -2.38. The summed E-state index contributed by atoms with van der Waals surface area (Å²) in [4.78, 5) is 6.05. The van der Waals surface area contributed by atoms with Crippen LogP contribution in [0.25, 0.3) is 0 Å².